The minimum absolute atomic E-state index is 0.214. The van der Waals surface area contributed by atoms with Gasteiger partial charge in [0, 0.05) is 25.3 Å². The van der Waals surface area contributed by atoms with E-state index in [9.17, 15) is 4.79 Å². The average Bonchev–Trinajstić information content (AvgIpc) is 2.29. The van der Waals surface area contributed by atoms with E-state index in [1.165, 1.54) is 6.20 Å². The highest BCUT2D eigenvalue weighted by Crippen LogP contribution is 2.16. The van der Waals surface area contributed by atoms with Crippen LogP contribution in [0.3, 0.4) is 0 Å². The maximum Gasteiger partial charge on any atom is 0.250 e. The number of nitrogens with zero attached hydrogens (tertiary/aromatic N) is 2. The van der Waals surface area contributed by atoms with Crippen LogP contribution in [0.1, 0.15) is 23.2 Å². The summed E-state index contributed by atoms with van der Waals surface area (Å²) in [4.78, 5) is 17.3. The number of carbonyl (C=O) groups is 1. The van der Waals surface area contributed by atoms with Crippen LogP contribution in [0.5, 0.6) is 0 Å². The van der Waals surface area contributed by atoms with Crippen molar-refractivity contribution in [2.24, 2.45) is 11.5 Å². The number of hydrogen-bond acceptors (Lipinski definition) is 4. The summed E-state index contributed by atoms with van der Waals surface area (Å²) in [6.45, 7) is 1.79. The minimum Gasteiger partial charge on any atom is -0.366 e. The summed E-state index contributed by atoms with van der Waals surface area (Å²) >= 11 is 0. The summed E-state index contributed by atoms with van der Waals surface area (Å²) in [5.74, 6) is 0.412. The first-order chi connectivity index (χ1) is 7.66. The van der Waals surface area contributed by atoms with Crippen LogP contribution in [0, 0.1) is 0 Å². The predicted molar refractivity (Wildman–Crippen MR) is 62.2 cm³/mol. The normalized spacial score (nSPS) is 20.8. The molecule has 1 fully saturated rings. The molecule has 16 heavy (non-hydrogen) atoms. The highest BCUT2D eigenvalue weighted by molar-refractivity contribution is 5.92. The van der Waals surface area contributed by atoms with Gasteiger partial charge in [-0.2, -0.15) is 0 Å². The van der Waals surface area contributed by atoms with Gasteiger partial charge >= 0.3 is 0 Å². The molecule has 1 amide bonds. The number of carbonyl (C=O) groups excluding carboxylic acids is 1. The molecule has 5 nitrogen and oxygen atoms in total. The summed E-state index contributed by atoms with van der Waals surface area (Å²) in [5.41, 5.74) is 11.5. The molecule has 1 unspecified atom stereocenters. The second-order valence-electron chi connectivity index (χ2n) is 4.12. The van der Waals surface area contributed by atoms with Crippen LogP contribution < -0.4 is 16.4 Å². The fourth-order valence-electron chi connectivity index (χ4n) is 1.94. The van der Waals surface area contributed by atoms with Gasteiger partial charge in [0.05, 0.1) is 5.56 Å². The second kappa shape index (κ2) is 4.49. The first kappa shape index (κ1) is 10.9. The van der Waals surface area contributed by atoms with Crippen molar-refractivity contribution in [1.29, 1.82) is 0 Å². The van der Waals surface area contributed by atoms with Gasteiger partial charge in [-0.3, -0.25) is 4.79 Å². The number of rotatable bonds is 2. The van der Waals surface area contributed by atoms with Gasteiger partial charge in [-0.05, 0) is 25.0 Å². The topological polar surface area (TPSA) is 85.2 Å². The van der Waals surface area contributed by atoms with E-state index in [1.54, 1.807) is 6.07 Å². The van der Waals surface area contributed by atoms with E-state index < -0.39 is 5.91 Å². The Morgan fingerprint density at radius 3 is 2.88 bits per heavy atom. The molecule has 2 heterocycles. The summed E-state index contributed by atoms with van der Waals surface area (Å²) in [6, 6.07) is 3.73. The van der Waals surface area contributed by atoms with E-state index >= 15 is 0 Å². The summed E-state index contributed by atoms with van der Waals surface area (Å²) in [7, 11) is 0. The first-order valence-electron chi connectivity index (χ1n) is 5.43. The maximum atomic E-state index is 10.9. The Labute approximate surface area is 94.4 Å². The molecule has 1 aromatic heterocycles. The molecule has 2 rings (SSSR count). The van der Waals surface area contributed by atoms with E-state index in [-0.39, 0.29) is 6.04 Å². The molecule has 0 aliphatic carbocycles. The van der Waals surface area contributed by atoms with Gasteiger partial charge in [0.1, 0.15) is 5.82 Å². The first-order valence-corrected chi connectivity index (χ1v) is 5.43. The SMILES string of the molecule is NC(=O)c1ccc(N2CCCC(N)C2)nc1. The Morgan fingerprint density at radius 1 is 1.50 bits per heavy atom. The van der Waals surface area contributed by atoms with E-state index in [4.69, 9.17) is 11.5 Å². The number of primary amides is 1. The number of aromatic nitrogens is 1. The fraction of sp³-hybridized carbons (Fsp3) is 0.455. The zero-order valence-corrected chi connectivity index (χ0v) is 9.10. The quantitative estimate of drug-likeness (QED) is 0.740. The number of piperidine rings is 1. The molecule has 0 spiro atoms. The molecular weight excluding hydrogens is 204 g/mol. The van der Waals surface area contributed by atoms with Crippen molar-refractivity contribution in [3.05, 3.63) is 23.9 Å². The standard InChI is InChI=1S/C11H16N4O/c12-9-2-1-5-15(7-9)10-4-3-8(6-14-10)11(13)16/h3-4,6,9H,1-2,5,7,12H2,(H2,13,16). The number of anilines is 1. The number of hydrogen-bond donors (Lipinski definition) is 2. The Morgan fingerprint density at radius 2 is 2.31 bits per heavy atom. The van der Waals surface area contributed by atoms with E-state index in [0.717, 1.165) is 31.7 Å². The number of nitrogens with two attached hydrogens (primary N) is 2. The Kier molecular flexibility index (Phi) is 3.05. The molecule has 0 radical (unpaired) electrons. The highest BCUT2D eigenvalue weighted by Gasteiger charge is 2.17. The number of amides is 1. The molecule has 5 heteroatoms. The molecule has 0 saturated carbocycles. The number of pyridine rings is 1. The summed E-state index contributed by atoms with van der Waals surface area (Å²) in [5, 5.41) is 0. The van der Waals surface area contributed by atoms with Crippen LogP contribution in [0.4, 0.5) is 5.82 Å². The van der Waals surface area contributed by atoms with Gasteiger partial charge in [-0.15, -0.1) is 0 Å². The molecule has 1 atom stereocenters. The van der Waals surface area contributed by atoms with E-state index in [0.29, 0.717) is 5.56 Å². The molecule has 4 N–H and O–H groups in total. The molecular formula is C11H16N4O. The maximum absolute atomic E-state index is 10.9. The van der Waals surface area contributed by atoms with Crippen LogP contribution in [0.15, 0.2) is 18.3 Å². The molecule has 0 aromatic carbocycles. The van der Waals surface area contributed by atoms with Gasteiger partial charge in [0.15, 0.2) is 0 Å². The van der Waals surface area contributed by atoms with E-state index in [2.05, 4.69) is 9.88 Å². The lowest BCUT2D eigenvalue weighted by Crippen LogP contribution is -2.43. The van der Waals surface area contributed by atoms with Gasteiger partial charge in [-0.1, -0.05) is 0 Å². The third-order valence-corrected chi connectivity index (χ3v) is 2.81. The van der Waals surface area contributed by atoms with Crippen molar-refractivity contribution in [3.63, 3.8) is 0 Å². The van der Waals surface area contributed by atoms with Crippen LogP contribution in [0.2, 0.25) is 0 Å². The fourth-order valence-corrected chi connectivity index (χ4v) is 1.94. The van der Waals surface area contributed by atoms with Crippen molar-refractivity contribution in [3.8, 4) is 0 Å². The third-order valence-electron chi connectivity index (χ3n) is 2.81. The van der Waals surface area contributed by atoms with Crippen molar-refractivity contribution in [2.45, 2.75) is 18.9 Å². The van der Waals surface area contributed by atoms with Gasteiger partial charge in [0.25, 0.3) is 0 Å². The molecule has 1 aromatic rings. The molecule has 1 saturated heterocycles. The predicted octanol–water partition coefficient (Wildman–Crippen LogP) is 0.108. The Bertz CT molecular complexity index is 376. The lowest BCUT2D eigenvalue weighted by Gasteiger charge is -2.31. The largest absolute Gasteiger partial charge is 0.366 e. The Balaban J connectivity index is 2.11. The smallest absolute Gasteiger partial charge is 0.250 e. The third kappa shape index (κ3) is 2.30. The lowest BCUT2D eigenvalue weighted by molar-refractivity contribution is 0.1000. The van der Waals surface area contributed by atoms with Gasteiger partial charge in [-0.25, -0.2) is 4.98 Å². The molecule has 0 bridgehead atoms. The second-order valence-corrected chi connectivity index (χ2v) is 4.12. The van der Waals surface area contributed by atoms with Crippen LogP contribution in [-0.2, 0) is 0 Å². The zero-order chi connectivity index (χ0) is 11.5. The lowest BCUT2D eigenvalue weighted by atomic mass is 10.1. The van der Waals surface area contributed by atoms with Crippen LogP contribution >= 0.6 is 0 Å². The van der Waals surface area contributed by atoms with E-state index in [1.807, 2.05) is 6.07 Å². The van der Waals surface area contributed by atoms with Crippen molar-refractivity contribution in [1.82, 2.24) is 4.98 Å². The van der Waals surface area contributed by atoms with Crippen molar-refractivity contribution in [2.75, 3.05) is 18.0 Å². The van der Waals surface area contributed by atoms with Crippen molar-refractivity contribution >= 4 is 11.7 Å². The molecule has 86 valence electrons. The summed E-state index contributed by atoms with van der Waals surface area (Å²) < 4.78 is 0. The van der Waals surface area contributed by atoms with Crippen molar-refractivity contribution < 1.29 is 4.79 Å². The summed E-state index contributed by atoms with van der Waals surface area (Å²) in [6.07, 6.45) is 3.66. The van der Waals surface area contributed by atoms with Gasteiger partial charge in [0.2, 0.25) is 5.91 Å². The average molecular weight is 220 g/mol. The monoisotopic (exact) mass is 220 g/mol. The highest BCUT2D eigenvalue weighted by atomic mass is 16.1. The Hall–Kier alpha value is -1.62. The molecule has 1 aliphatic heterocycles. The van der Waals surface area contributed by atoms with Crippen LogP contribution in [0.25, 0.3) is 0 Å². The zero-order valence-electron chi connectivity index (χ0n) is 9.10. The van der Waals surface area contributed by atoms with Crippen LogP contribution in [-0.4, -0.2) is 30.0 Å². The molecule has 1 aliphatic rings. The minimum atomic E-state index is -0.450. The van der Waals surface area contributed by atoms with Gasteiger partial charge < -0.3 is 16.4 Å².